The summed E-state index contributed by atoms with van der Waals surface area (Å²) in [6, 6.07) is 22.6. The molecule has 0 saturated carbocycles. The van der Waals surface area contributed by atoms with E-state index in [4.69, 9.17) is 4.99 Å². The average Bonchev–Trinajstić information content (AvgIpc) is 2.84. The molecule has 3 aromatic rings. The molecule has 140 valence electrons. The molecule has 0 unspecified atom stereocenters. The molecule has 3 aromatic carbocycles. The topological polar surface area (TPSA) is 41.5 Å². The molecule has 4 heteroatoms. The van der Waals surface area contributed by atoms with Gasteiger partial charge in [-0.05, 0) is 45.0 Å². The molecule has 1 heterocycles. The Hall–Kier alpha value is -2.85. The molecular weight excluding hydrogens is 364 g/mol. The van der Waals surface area contributed by atoms with Gasteiger partial charge in [-0.1, -0.05) is 59.8 Å². The van der Waals surface area contributed by atoms with Crippen LogP contribution in [0.25, 0.3) is 0 Å². The number of benzene rings is 3. The minimum Gasteiger partial charge on any atom is -0.350 e. The minimum atomic E-state index is -0.0725. The van der Waals surface area contributed by atoms with Crippen molar-refractivity contribution in [2.24, 2.45) is 4.99 Å². The molecule has 3 nitrogen and oxygen atoms in total. The highest BCUT2D eigenvalue weighted by molar-refractivity contribution is 7.99. The van der Waals surface area contributed by atoms with E-state index in [2.05, 4.69) is 48.6 Å². The maximum atomic E-state index is 12.5. The first kappa shape index (κ1) is 18.5. The van der Waals surface area contributed by atoms with Gasteiger partial charge in [0.05, 0.1) is 11.4 Å². The number of carbonyl (C=O) groups is 1. The standard InChI is InChI=1S/C24H22N2OS/c1-15(2)25-24(27)18-12-13-22-20(14-18)26-23(17-10-8-16(3)9-11-17)19-6-4-5-7-21(19)28-22/h4-15H,1-3H3,(H,25,27). The van der Waals surface area contributed by atoms with Crippen LogP contribution in [0.2, 0.25) is 0 Å². The molecule has 28 heavy (non-hydrogen) atoms. The third-order valence-electron chi connectivity index (χ3n) is 4.56. The zero-order valence-corrected chi connectivity index (χ0v) is 17.0. The Balaban J connectivity index is 1.86. The first-order chi connectivity index (χ1) is 13.5. The average molecular weight is 387 g/mol. The smallest absolute Gasteiger partial charge is 0.251 e. The van der Waals surface area contributed by atoms with Crippen molar-refractivity contribution in [1.29, 1.82) is 0 Å². The molecular formula is C24H22N2OS. The fourth-order valence-electron chi connectivity index (χ4n) is 3.16. The van der Waals surface area contributed by atoms with E-state index in [9.17, 15) is 4.79 Å². The summed E-state index contributed by atoms with van der Waals surface area (Å²) in [5, 5.41) is 2.95. The fraction of sp³-hybridized carbons (Fsp3) is 0.167. The van der Waals surface area contributed by atoms with Gasteiger partial charge in [0.1, 0.15) is 0 Å². The number of aryl methyl sites for hydroxylation is 1. The van der Waals surface area contributed by atoms with Crippen molar-refractivity contribution in [3.05, 3.63) is 89.0 Å². The number of amides is 1. The lowest BCUT2D eigenvalue weighted by atomic mass is 10.0. The van der Waals surface area contributed by atoms with Gasteiger partial charge in [-0.3, -0.25) is 4.79 Å². The molecule has 0 fully saturated rings. The number of hydrogen-bond acceptors (Lipinski definition) is 3. The van der Waals surface area contributed by atoms with Crippen molar-refractivity contribution in [2.75, 3.05) is 0 Å². The summed E-state index contributed by atoms with van der Waals surface area (Å²) >= 11 is 1.69. The second-order valence-electron chi connectivity index (χ2n) is 7.24. The van der Waals surface area contributed by atoms with Crippen molar-refractivity contribution in [2.45, 2.75) is 36.6 Å². The molecule has 0 aromatic heterocycles. The van der Waals surface area contributed by atoms with Crippen LogP contribution in [0.3, 0.4) is 0 Å². The van der Waals surface area contributed by atoms with Crippen LogP contribution in [0.5, 0.6) is 0 Å². The Bertz CT molecular complexity index is 1070. The van der Waals surface area contributed by atoms with Gasteiger partial charge in [0.2, 0.25) is 0 Å². The molecule has 4 rings (SSSR count). The van der Waals surface area contributed by atoms with E-state index in [-0.39, 0.29) is 11.9 Å². The van der Waals surface area contributed by atoms with E-state index in [0.29, 0.717) is 5.56 Å². The van der Waals surface area contributed by atoms with Gasteiger partial charge in [0.25, 0.3) is 5.91 Å². The van der Waals surface area contributed by atoms with Crippen LogP contribution in [-0.2, 0) is 0 Å². The van der Waals surface area contributed by atoms with E-state index < -0.39 is 0 Å². The summed E-state index contributed by atoms with van der Waals surface area (Å²) in [5.41, 5.74) is 5.79. The molecule has 0 bridgehead atoms. The summed E-state index contributed by atoms with van der Waals surface area (Å²) in [6.07, 6.45) is 0. The molecule has 1 aliphatic heterocycles. The van der Waals surface area contributed by atoms with Crippen LogP contribution in [-0.4, -0.2) is 17.7 Å². The highest BCUT2D eigenvalue weighted by atomic mass is 32.2. The van der Waals surface area contributed by atoms with Crippen LogP contribution in [0, 0.1) is 6.92 Å². The number of rotatable bonds is 3. The highest BCUT2D eigenvalue weighted by Crippen LogP contribution is 2.41. The lowest BCUT2D eigenvalue weighted by molar-refractivity contribution is 0.0943. The van der Waals surface area contributed by atoms with E-state index in [0.717, 1.165) is 27.4 Å². The predicted octanol–water partition coefficient (Wildman–Crippen LogP) is 5.77. The second kappa shape index (κ2) is 7.64. The zero-order valence-electron chi connectivity index (χ0n) is 16.2. The highest BCUT2D eigenvalue weighted by Gasteiger charge is 2.20. The van der Waals surface area contributed by atoms with Gasteiger partial charge in [-0.15, -0.1) is 0 Å². The SMILES string of the molecule is Cc1ccc(C2=Nc3cc(C(=O)NC(C)C)ccc3Sc3ccccc32)cc1. The zero-order chi connectivity index (χ0) is 19.7. The lowest BCUT2D eigenvalue weighted by Gasteiger charge is -2.10. The molecule has 1 N–H and O–H groups in total. The van der Waals surface area contributed by atoms with Gasteiger partial charge in [-0.25, -0.2) is 4.99 Å². The van der Waals surface area contributed by atoms with Crippen molar-refractivity contribution in [3.63, 3.8) is 0 Å². The van der Waals surface area contributed by atoms with Gasteiger partial charge in [0, 0.05) is 32.5 Å². The van der Waals surface area contributed by atoms with Crippen LogP contribution in [0.4, 0.5) is 5.69 Å². The van der Waals surface area contributed by atoms with Gasteiger partial charge in [0.15, 0.2) is 0 Å². The number of nitrogens with one attached hydrogen (secondary N) is 1. The molecule has 1 aliphatic rings. The normalized spacial score (nSPS) is 12.6. The Kier molecular flexibility index (Phi) is 5.05. The van der Waals surface area contributed by atoms with Crippen LogP contribution >= 0.6 is 11.8 Å². The molecule has 0 spiro atoms. The number of carbonyl (C=O) groups excluding carboxylic acids is 1. The van der Waals surface area contributed by atoms with Crippen molar-refractivity contribution < 1.29 is 4.79 Å². The Morgan fingerprint density at radius 3 is 2.46 bits per heavy atom. The van der Waals surface area contributed by atoms with E-state index in [1.165, 1.54) is 10.5 Å². The van der Waals surface area contributed by atoms with Crippen molar-refractivity contribution in [1.82, 2.24) is 5.32 Å². The Labute approximate surface area is 169 Å². The number of hydrogen-bond donors (Lipinski definition) is 1. The predicted molar refractivity (Wildman–Crippen MR) is 116 cm³/mol. The first-order valence-electron chi connectivity index (χ1n) is 9.39. The minimum absolute atomic E-state index is 0.0725. The van der Waals surface area contributed by atoms with E-state index in [1.807, 2.05) is 44.2 Å². The summed E-state index contributed by atoms with van der Waals surface area (Å²) in [6.45, 7) is 6.00. The van der Waals surface area contributed by atoms with Crippen molar-refractivity contribution in [3.8, 4) is 0 Å². The number of aliphatic imine (C=N–C) groups is 1. The summed E-state index contributed by atoms with van der Waals surface area (Å²) in [5.74, 6) is -0.0725. The molecule has 0 aliphatic carbocycles. The van der Waals surface area contributed by atoms with Crippen LogP contribution < -0.4 is 5.32 Å². The number of nitrogens with zero attached hydrogens (tertiary/aromatic N) is 1. The van der Waals surface area contributed by atoms with Crippen molar-refractivity contribution >= 4 is 29.1 Å². The largest absolute Gasteiger partial charge is 0.350 e. The van der Waals surface area contributed by atoms with Gasteiger partial charge in [-0.2, -0.15) is 0 Å². The maximum absolute atomic E-state index is 12.5. The molecule has 1 amide bonds. The quantitative estimate of drug-likeness (QED) is 0.486. The Morgan fingerprint density at radius 2 is 1.71 bits per heavy atom. The lowest BCUT2D eigenvalue weighted by Crippen LogP contribution is -2.29. The summed E-state index contributed by atoms with van der Waals surface area (Å²) in [7, 11) is 0. The molecule has 0 radical (unpaired) electrons. The van der Waals surface area contributed by atoms with Crippen LogP contribution in [0.1, 0.15) is 40.9 Å². The Morgan fingerprint density at radius 1 is 0.964 bits per heavy atom. The van der Waals surface area contributed by atoms with E-state index in [1.54, 1.807) is 11.8 Å². The summed E-state index contributed by atoms with van der Waals surface area (Å²) in [4.78, 5) is 19.7. The monoisotopic (exact) mass is 386 g/mol. The summed E-state index contributed by atoms with van der Waals surface area (Å²) < 4.78 is 0. The molecule has 0 saturated heterocycles. The van der Waals surface area contributed by atoms with Gasteiger partial charge >= 0.3 is 0 Å². The third-order valence-corrected chi connectivity index (χ3v) is 5.70. The first-order valence-corrected chi connectivity index (χ1v) is 10.2. The second-order valence-corrected chi connectivity index (χ2v) is 8.32. The fourth-order valence-corrected chi connectivity index (χ4v) is 4.16. The maximum Gasteiger partial charge on any atom is 0.251 e. The molecule has 0 atom stereocenters. The van der Waals surface area contributed by atoms with Crippen LogP contribution in [0.15, 0.2) is 81.5 Å². The number of fused-ring (bicyclic) bond motifs is 2. The van der Waals surface area contributed by atoms with Gasteiger partial charge < -0.3 is 5.32 Å². The third kappa shape index (κ3) is 3.73. The van der Waals surface area contributed by atoms with E-state index >= 15 is 0 Å².